The number of halogens is 2. The lowest BCUT2D eigenvalue weighted by Gasteiger charge is -2.30. The molecule has 0 aromatic heterocycles. The molecule has 4 rings (SSSR count). The van der Waals surface area contributed by atoms with Crippen LogP contribution in [0.15, 0.2) is 72.8 Å². The lowest BCUT2D eigenvalue weighted by molar-refractivity contribution is -0.133. The van der Waals surface area contributed by atoms with E-state index in [4.69, 9.17) is 28.9 Å². The van der Waals surface area contributed by atoms with E-state index >= 15 is 0 Å². The fraction of sp³-hybridized carbons (Fsp3) is 0.394. The maximum absolute atomic E-state index is 13.9. The smallest absolute Gasteiger partial charge is 0.240 e. The monoisotopic (exact) mass is 594 g/mol. The Kier molecular flexibility index (Phi) is 11.2. The van der Waals surface area contributed by atoms with Crippen molar-refractivity contribution >= 4 is 40.7 Å². The number of para-hydroxylation sites is 1. The van der Waals surface area contributed by atoms with Crippen LogP contribution in [-0.4, -0.2) is 53.8 Å². The van der Waals surface area contributed by atoms with Crippen molar-refractivity contribution in [1.82, 2.24) is 9.80 Å². The number of hydrogen-bond acceptors (Lipinski definition) is 4. The van der Waals surface area contributed by atoms with E-state index in [0.29, 0.717) is 49.1 Å². The van der Waals surface area contributed by atoms with E-state index in [0.717, 1.165) is 36.3 Å². The lowest BCUT2D eigenvalue weighted by atomic mass is 10.0. The van der Waals surface area contributed by atoms with E-state index < -0.39 is 6.04 Å². The van der Waals surface area contributed by atoms with Crippen molar-refractivity contribution in [2.24, 2.45) is 11.7 Å². The molecule has 8 heteroatoms. The van der Waals surface area contributed by atoms with Gasteiger partial charge < -0.3 is 15.5 Å². The Balaban J connectivity index is 1.63. The number of benzene rings is 3. The van der Waals surface area contributed by atoms with E-state index in [9.17, 15) is 9.59 Å². The quantitative estimate of drug-likeness (QED) is 0.355. The van der Waals surface area contributed by atoms with Crippen LogP contribution in [0.3, 0.4) is 0 Å². The van der Waals surface area contributed by atoms with Crippen LogP contribution in [0.1, 0.15) is 43.4 Å². The Hall–Kier alpha value is -2.90. The molecule has 1 aliphatic rings. The normalized spacial score (nSPS) is 15.8. The van der Waals surface area contributed by atoms with Gasteiger partial charge in [0, 0.05) is 51.4 Å². The van der Waals surface area contributed by atoms with Gasteiger partial charge in [-0.3, -0.25) is 14.5 Å². The zero-order valence-corrected chi connectivity index (χ0v) is 25.5. The first-order valence-electron chi connectivity index (χ1n) is 14.3. The van der Waals surface area contributed by atoms with Gasteiger partial charge in [0.25, 0.3) is 0 Å². The fourth-order valence-corrected chi connectivity index (χ4v) is 5.61. The van der Waals surface area contributed by atoms with Crippen LogP contribution in [-0.2, 0) is 29.1 Å². The molecule has 2 N–H and O–H groups in total. The van der Waals surface area contributed by atoms with Gasteiger partial charge >= 0.3 is 0 Å². The van der Waals surface area contributed by atoms with Gasteiger partial charge in [-0.2, -0.15) is 0 Å². The maximum atomic E-state index is 13.9. The second-order valence-corrected chi connectivity index (χ2v) is 12.0. The summed E-state index contributed by atoms with van der Waals surface area (Å²) in [6.45, 7) is 7.91. The largest absolute Gasteiger partial charge is 0.336 e. The predicted octanol–water partition coefficient (Wildman–Crippen LogP) is 6.18. The number of fused-ring (bicyclic) bond motifs is 1. The minimum Gasteiger partial charge on any atom is -0.336 e. The van der Waals surface area contributed by atoms with Gasteiger partial charge in [-0.1, -0.05) is 91.6 Å². The van der Waals surface area contributed by atoms with Crippen LogP contribution in [0, 0.1) is 5.92 Å². The van der Waals surface area contributed by atoms with Gasteiger partial charge in [0.2, 0.25) is 11.8 Å². The van der Waals surface area contributed by atoms with Gasteiger partial charge in [0.05, 0.1) is 16.1 Å². The molecule has 1 heterocycles. The molecule has 0 fully saturated rings. The molecule has 0 radical (unpaired) electrons. The van der Waals surface area contributed by atoms with E-state index in [1.807, 2.05) is 58.3 Å². The second-order valence-electron chi connectivity index (χ2n) is 11.2. The highest BCUT2D eigenvalue weighted by atomic mass is 35.5. The molecule has 1 aliphatic heterocycles. The Morgan fingerprint density at radius 3 is 2.32 bits per heavy atom. The minimum absolute atomic E-state index is 0.107. The van der Waals surface area contributed by atoms with Crippen LogP contribution >= 0.6 is 23.2 Å². The third-order valence-electron chi connectivity index (χ3n) is 7.39. The lowest BCUT2D eigenvalue weighted by Crippen LogP contribution is -2.47. The van der Waals surface area contributed by atoms with Crippen molar-refractivity contribution in [2.45, 2.75) is 52.2 Å². The summed E-state index contributed by atoms with van der Waals surface area (Å²) in [5.74, 6) is 0.222. The van der Waals surface area contributed by atoms with Gasteiger partial charge in [0.15, 0.2) is 0 Å². The number of carbonyl (C=O) groups is 2. The van der Waals surface area contributed by atoms with Crippen LogP contribution in [0.2, 0.25) is 10.0 Å². The maximum Gasteiger partial charge on any atom is 0.240 e. The molecule has 0 saturated carbocycles. The highest BCUT2D eigenvalue weighted by Crippen LogP contribution is 2.26. The standard InChI is InChI=1S/C33H40Cl2N4O2/c1-24(2)19-32(40)39-16-8-15-37(22-25-9-4-3-5-10-25)17-18-38(23-27-11-6-7-12-31(27)39)33(41)30(36)21-26-13-14-28(34)29(35)20-26/h3-7,9-14,20,24,30H,8,15-19,21-23,36H2,1-2H3/t30-/m1/s1. The number of carbonyl (C=O) groups excluding carboxylic acids is 2. The molecule has 0 unspecified atom stereocenters. The van der Waals surface area contributed by atoms with Crippen LogP contribution < -0.4 is 10.6 Å². The van der Waals surface area contributed by atoms with Gasteiger partial charge in [-0.15, -0.1) is 0 Å². The first kappa shape index (κ1) is 31.0. The topological polar surface area (TPSA) is 69.9 Å². The van der Waals surface area contributed by atoms with Gasteiger partial charge in [-0.25, -0.2) is 0 Å². The molecule has 0 saturated heterocycles. The molecule has 0 aliphatic carbocycles. The van der Waals surface area contributed by atoms with E-state index in [-0.39, 0.29) is 17.7 Å². The third kappa shape index (κ3) is 8.79. The average Bonchev–Trinajstić information content (AvgIpc) is 2.98. The number of hydrogen-bond donors (Lipinski definition) is 1. The molecule has 41 heavy (non-hydrogen) atoms. The summed E-state index contributed by atoms with van der Waals surface area (Å²) in [6.07, 6.45) is 1.65. The molecule has 218 valence electrons. The van der Waals surface area contributed by atoms with Crippen LogP contribution in [0.4, 0.5) is 5.69 Å². The first-order chi connectivity index (χ1) is 19.7. The Morgan fingerprint density at radius 2 is 1.59 bits per heavy atom. The molecule has 3 aromatic carbocycles. The zero-order valence-electron chi connectivity index (χ0n) is 23.9. The average molecular weight is 596 g/mol. The molecule has 0 bridgehead atoms. The van der Waals surface area contributed by atoms with E-state index in [2.05, 4.69) is 30.9 Å². The van der Waals surface area contributed by atoms with Crippen molar-refractivity contribution in [1.29, 1.82) is 0 Å². The first-order valence-corrected chi connectivity index (χ1v) is 15.1. The number of amides is 2. The summed E-state index contributed by atoms with van der Waals surface area (Å²) in [5.41, 5.74) is 10.4. The van der Waals surface area contributed by atoms with Gasteiger partial charge in [-0.05, 0) is 53.6 Å². The van der Waals surface area contributed by atoms with E-state index in [1.54, 1.807) is 12.1 Å². The molecule has 2 amide bonds. The molecular weight excluding hydrogens is 555 g/mol. The summed E-state index contributed by atoms with van der Waals surface area (Å²) in [6, 6.07) is 22.9. The number of nitrogens with zero attached hydrogens (tertiary/aromatic N) is 3. The summed E-state index contributed by atoms with van der Waals surface area (Å²) in [5, 5.41) is 0.907. The molecule has 6 nitrogen and oxygen atoms in total. The SMILES string of the molecule is CC(C)CC(=O)N1CCCN(Cc2ccccc2)CCN(C(=O)[C@H](N)Cc2ccc(Cl)c(Cl)c2)Cc2ccccc21. The molecular formula is C33H40Cl2N4O2. The summed E-state index contributed by atoms with van der Waals surface area (Å²) in [7, 11) is 0. The van der Waals surface area contributed by atoms with E-state index in [1.165, 1.54) is 5.56 Å². The number of nitrogens with two attached hydrogens (primary N) is 1. The second kappa shape index (κ2) is 14.8. The highest BCUT2D eigenvalue weighted by molar-refractivity contribution is 6.42. The van der Waals surface area contributed by atoms with Crippen LogP contribution in [0.5, 0.6) is 0 Å². The Labute approximate surface area is 254 Å². The van der Waals surface area contributed by atoms with Crippen molar-refractivity contribution in [2.75, 3.05) is 31.1 Å². The minimum atomic E-state index is -0.745. The van der Waals surface area contributed by atoms with Crippen LogP contribution in [0.25, 0.3) is 0 Å². The Bertz CT molecular complexity index is 1320. The molecule has 0 spiro atoms. The summed E-state index contributed by atoms with van der Waals surface area (Å²) < 4.78 is 0. The van der Waals surface area contributed by atoms with Crippen molar-refractivity contribution in [3.05, 3.63) is 99.5 Å². The zero-order chi connectivity index (χ0) is 29.4. The van der Waals surface area contributed by atoms with Crippen molar-refractivity contribution in [3.8, 4) is 0 Å². The summed E-state index contributed by atoms with van der Waals surface area (Å²) >= 11 is 12.3. The number of anilines is 1. The van der Waals surface area contributed by atoms with Crippen molar-refractivity contribution in [3.63, 3.8) is 0 Å². The molecule has 3 aromatic rings. The predicted molar refractivity (Wildman–Crippen MR) is 168 cm³/mol. The molecule has 1 atom stereocenters. The highest BCUT2D eigenvalue weighted by Gasteiger charge is 2.26. The van der Waals surface area contributed by atoms with Crippen molar-refractivity contribution < 1.29 is 9.59 Å². The number of rotatable bonds is 7. The van der Waals surface area contributed by atoms with Gasteiger partial charge in [0.1, 0.15) is 0 Å². The Morgan fingerprint density at radius 1 is 0.854 bits per heavy atom. The summed E-state index contributed by atoms with van der Waals surface area (Å²) in [4.78, 5) is 33.5. The third-order valence-corrected chi connectivity index (χ3v) is 8.13. The fourth-order valence-electron chi connectivity index (χ4n) is 5.29.